The van der Waals surface area contributed by atoms with E-state index in [1.807, 2.05) is 48.5 Å². The molecule has 4 rings (SSSR count). The van der Waals surface area contributed by atoms with Crippen molar-refractivity contribution in [1.82, 2.24) is 9.97 Å². The van der Waals surface area contributed by atoms with Crippen molar-refractivity contribution in [3.8, 4) is 0 Å². The zero-order valence-corrected chi connectivity index (χ0v) is 14.8. The predicted octanol–water partition coefficient (Wildman–Crippen LogP) is 4.11. The first-order valence-electron chi connectivity index (χ1n) is 8.57. The first-order chi connectivity index (χ1) is 13.2. The zero-order chi connectivity index (χ0) is 18.6. The minimum absolute atomic E-state index is 0.0743. The SMILES string of the molecule is CN(C(=O)c1ccncc1)c1ccc(CNc2nc3ccccc3o2)cc1. The summed E-state index contributed by atoms with van der Waals surface area (Å²) in [6, 6.07) is 19.3. The number of benzene rings is 2. The van der Waals surface area contributed by atoms with Crippen molar-refractivity contribution >= 4 is 28.7 Å². The number of rotatable bonds is 5. The number of oxazole rings is 1. The van der Waals surface area contributed by atoms with Crippen LogP contribution in [0.15, 0.2) is 77.5 Å². The summed E-state index contributed by atoms with van der Waals surface area (Å²) in [6.45, 7) is 0.578. The Hall–Kier alpha value is -3.67. The molecule has 0 radical (unpaired) electrons. The van der Waals surface area contributed by atoms with Crippen LogP contribution in [-0.2, 0) is 6.54 Å². The van der Waals surface area contributed by atoms with E-state index in [-0.39, 0.29) is 5.91 Å². The van der Waals surface area contributed by atoms with Gasteiger partial charge in [-0.15, -0.1) is 0 Å². The van der Waals surface area contributed by atoms with Crippen LogP contribution in [0.3, 0.4) is 0 Å². The number of anilines is 2. The summed E-state index contributed by atoms with van der Waals surface area (Å²) >= 11 is 0. The quantitative estimate of drug-likeness (QED) is 0.581. The monoisotopic (exact) mass is 358 g/mol. The fraction of sp³-hybridized carbons (Fsp3) is 0.0952. The topological polar surface area (TPSA) is 71.3 Å². The van der Waals surface area contributed by atoms with Crippen LogP contribution in [0.5, 0.6) is 0 Å². The average molecular weight is 358 g/mol. The van der Waals surface area contributed by atoms with Gasteiger partial charge in [-0.25, -0.2) is 0 Å². The molecule has 6 heteroatoms. The highest BCUT2D eigenvalue weighted by Gasteiger charge is 2.13. The molecular formula is C21H18N4O2. The number of nitrogens with zero attached hydrogens (tertiary/aromatic N) is 3. The van der Waals surface area contributed by atoms with Crippen molar-refractivity contribution in [3.63, 3.8) is 0 Å². The lowest BCUT2D eigenvalue weighted by Gasteiger charge is -2.17. The Labute approximate surface area is 156 Å². The van der Waals surface area contributed by atoms with Gasteiger partial charge in [0.2, 0.25) is 0 Å². The number of nitrogens with one attached hydrogen (secondary N) is 1. The molecule has 0 saturated heterocycles. The van der Waals surface area contributed by atoms with Crippen molar-refractivity contribution < 1.29 is 9.21 Å². The lowest BCUT2D eigenvalue weighted by Crippen LogP contribution is -2.26. The molecule has 2 aromatic carbocycles. The summed E-state index contributed by atoms with van der Waals surface area (Å²) in [5, 5.41) is 3.18. The Morgan fingerprint density at radius 3 is 2.52 bits per heavy atom. The second-order valence-electron chi connectivity index (χ2n) is 6.11. The molecule has 0 aliphatic heterocycles. The van der Waals surface area contributed by atoms with Crippen molar-refractivity contribution in [3.05, 3.63) is 84.2 Å². The molecule has 1 N–H and O–H groups in total. The van der Waals surface area contributed by atoms with Crippen LogP contribution < -0.4 is 10.2 Å². The lowest BCUT2D eigenvalue weighted by atomic mass is 10.1. The smallest absolute Gasteiger partial charge is 0.295 e. The fourth-order valence-electron chi connectivity index (χ4n) is 2.77. The Balaban J connectivity index is 1.41. The number of aromatic nitrogens is 2. The van der Waals surface area contributed by atoms with Crippen LogP contribution >= 0.6 is 0 Å². The molecule has 0 atom stereocenters. The van der Waals surface area contributed by atoms with Crippen molar-refractivity contribution in [2.75, 3.05) is 17.3 Å². The normalized spacial score (nSPS) is 10.7. The van der Waals surface area contributed by atoms with Gasteiger partial charge in [0.25, 0.3) is 11.9 Å². The molecule has 0 aliphatic rings. The van der Waals surface area contributed by atoms with E-state index >= 15 is 0 Å². The van der Waals surface area contributed by atoms with E-state index in [9.17, 15) is 4.79 Å². The number of carbonyl (C=O) groups is 1. The molecule has 6 nitrogen and oxygen atoms in total. The number of carbonyl (C=O) groups excluding carboxylic acids is 1. The van der Waals surface area contributed by atoms with Gasteiger partial charge in [-0.2, -0.15) is 4.98 Å². The summed E-state index contributed by atoms with van der Waals surface area (Å²) in [5.41, 5.74) is 4.07. The molecule has 0 bridgehead atoms. The van der Waals surface area contributed by atoms with Crippen LogP contribution in [0.4, 0.5) is 11.7 Å². The van der Waals surface area contributed by atoms with Gasteiger partial charge >= 0.3 is 0 Å². The Kier molecular flexibility index (Phi) is 4.53. The Bertz CT molecular complexity index is 1030. The standard InChI is InChI=1S/C21H18N4O2/c1-25(20(26)16-10-12-22-13-11-16)17-8-6-15(7-9-17)14-23-21-24-18-4-2-3-5-19(18)27-21/h2-13H,14H2,1H3,(H,23,24). The zero-order valence-electron chi connectivity index (χ0n) is 14.8. The molecule has 0 unspecified atom stereocenters. The summed E-state index contributed by atoms with van der Waals surface area (Å²) in [5.74, 6) is -0.0743. The largest absolute Gasteiger partial charge is 0.424 e. The van der Waals surface area contributed by atoms with Crippen molar-refractivity contribution in [2.45, 2.75) is 6.54 Å². The molecule has 0 saturated carbocycles. The molecule has 4 aromatic rings. The molecule has 1 amide bonds. The molecule has 0 spiro atoms. The summed E-state index contributed by atoms with van der Waals surface area (Å²) < 4.78 is 5.65. The third kappa shape index (κ3) is 3.64. The Morgan fingerprint density at radius 2 is 1.78 bits per heavy atom. The first-order valence-corrected chi connectivity index (χ1v) is 8.57. The molecule has 2 heterocycles. The predicted molar refractivity (Wildman–Crippen MR) is 105 cm³/mol. The molecule has 27 heavy (non-hydrogen) atoms. The second-order valence-corrected chi connectivity index (χ2v) is 6.11. The van der Waals surface area contributed by atoms with Gasteiger partial charge in [0.15, 0.2) is 5.58 Å². The summed E-state index contributed by atoms with van der Waals surface area (Å²) in [6.07, 6.45) is 3.23. The average Bonchev–Trinajstić information content (AvgIpc) is 3.15. The minimum atomic E-state index is -0.0743. The molecule has 0 aliphatic carbocycles. The summed E-state index contributed by atoms with van der Waals surface area (Å²) in [4.78, 5) is 22.4. The van der Waals surface area contributed by atoms with E-state index in [1.165, 1.54) is 0 Å². The second kappa shape index (κ2) is 7.29. The molecular weight excluding hydrogens is 340 g/mol. The third-order valence-electron chi connectivity index (χ3n) is 4.29. The van der Waals surface area contributed by atoms with Gasteiger partial charge in [-0.1, -0.05) is 24.3 Å². The van der Waals surface area contributed by atoms with Gasteiger partial charge in [-0.05, 0) is 42.0 Å². The number of hydrogen-bond donors (Lipinski definition) is 1. The van der Waals surface area contributed by atoms with Crippen molar-refractivity contribution in [2.24, 2.45) is 0 Å². The van der Waals surface area contributed by atoms with Crippen LogP contribution in [0.1, 0.15) is 15.9 Å². The minimum Gasteiger partial charge on any atom is -0.424 e. The van der Waals surface area contributed by atoms with E-state index in [4.69, 9.17) is 4.42 Å². The van der Waals surface area contributed by atoms with Crippen LogP contribution in [-0.4, -0.2) is 22.9 Å². The van der Waals surface area contributed by atoms with E-state index in [2.05, 4.69) is 15.3 Å². The third-order valence-corrected chi connectivity index (χ3v) is 4.29. The van der Waals surface area contributed by atoms with Crippen LogP contribution in [0.25, 0.3) is 11.1 Å². The maximum atomic E-state index is 12.5. The number of para-hydroxylation sites is 2. The van der Waals surface area contributed by atoms with Crippen LogP contribution in [0, 0.1) is 0 Å². The number of pyridine rings is 1. The first kappa shape index (κ1) is 16.8. The van der Waals surface area contributed by atoms with E-state index in [0.29, 0.717) is 18.1 Å². The van der Waals surface area contributed by atoms with Gasteiger partial charge < -0.3 is 14.6 Å². The highest BCUT2D eigenvalue weighted by Crippen LogP contribution is 2.20. The number of hydrogen-bond acceptors (Lipinski definition) is 5. The van der Waals surface area contributed by atoms with E-state index in [1.54, 1.807) is 36.5 Å². The molecule has 0 fully saturated rings. The van der Waals surface area contributed by atoms with Gasteiger partial charge in [0, 0.05) is 37.2 Å². The highest BCUT2D eigenvalue weighted by atomic mass is 16.4. The van der Waals surface area contributed by atoms with Gasteiger partial charge in [0.05, 0.1) is 0 Å². The van der Waals surface area contributed by atoms with E-state index in [0.717, 1.165) is 22.4 Å². The number of amides is 1. The summed E-state index contributed by atoms with van der Waals surface area (Å²) in [7, 11) is 1.76. The fourth-order valence-corrected chi connectivity index (χ4v) is 2.77. The van der Waals surface area contributed by atoms with Crippen LogP contribution in [0.2, 0.25) is 0 Å². The van der Waals surface area contributed by atoms with Gasteiger partial charge in [-0.3, -0.25) is 9.78 Å². The molecule has 2 aromatic heterocycles. The maximum Gasteiger partial charge on any atom is 0.295 e. The van der Waals surface area contributed by atoms with Gasteiger partial charge in [0.1, 0.15) is 5.52 Å². The lowest BCUT2D eigenvalue weighted by molar-refractivity contribution is 0.0993. The number of fused-ring (bicyclic) bond motifs is 1. The van der Waals surface area contributed by atoms with E-state index < -0.39 is 0 Å². The Morgan fingerprint density at radius 1 is 1.04 bits per heavy atom. The maximum absolute atomic E-state index is 12.5. The highest BCUT2D eigenvalue weighted by molar-refractivity contribution is 6.05. The molecule has 134 valence electrons. The van der Waals surface area contributed by atoms with Crippen molar-refractivity contribution in [1.29, 1.82) is 0 Å².